The SMILES string of the molecule is c1ccc(-c2ccc(N(c3ccc(-c4ccccc4)cc3)c3ccc(-c4ccc(-n5c(-c6ccccc6)c(-c6ccccc6)c6c7cccnc7c7ncccc7c65)cc4)cc3)cc2)cc1. The van der Waals surface area contributed by atoms with E-state index >= 15 is 0 Å². The second-order valence-corrected chi connectivity index (χ2v) is 16.6. The number of anilines is 3. The molecule has 0 saturated heterocycles. The molecule has 310 valence electrons. The fourth-order valence-corrected chi connectivity index (χ4v) is 9.60. The van der Waals surface area contributed by atoms with E-state index < -0.39 is 0 Å². The predicted molar refractivity (Wildman–Crippen MR) is 276 cm³/mol. The summed E-state index contributed by atoms with van der Waals surface area (Å²) >= 11 is 0. The van der Waals surface area contributed by atoms with Crippen LogP contribution in [0.25, 0.3) is 94.2 Å². The molecule has 0 fully saturated rings. The Balaban J connectivity index is 0.970. The number of rotatable bonds is 9. The summed E-state index contributed by atoms with van der Waals surface area (Å²) in [6.45, 7) is 0. The van der Waals surface area contributed by atoms with Crippen molar-refractivity contribution < 1.29 is 0 Å². The van der Waals surface area contributed by atoms with Gasteiger partial charge in [-0.05, 0) is 111 Å². The van der Waals surface area contributed by atoms with Gasteiger partial charge in [0.15, 0.2) is 0 Å². The fourth-order valence-electron chi connectivity index (χ4n) is 9.60. The maximum atomic E-state index is 4.94. The zero-order chi connectivity index (χ0) is 43.8. The van der Waals surface area contributed by atoms with Crippen molar-refractivity contribution in [3.63, 3.8) is 0 Å². The van der Waals surface area contributed by atoms with Crippen LogP contribution < -0.4 is 4.90 Å². The number of hydrogen-bond acceptors (Lipinski definition) is 3. The first-order valence-corrected chi connectivity index (χ1v) is 22.4. The maximum absolute atomic E-state index is 4.94. The number of hydrogen-bond donors (Lipinski definition) is 0. The third-order valence-corrected chi connectivity index (χ3v) is 12.7. The molecule has 4 nitrogen and oxygen atoms in total. The van der Waals surface area contributed by atoms with Crippen LogP contribution in [0, 0.1) is 0 Å². The highest BCUT2D eigenvalue weighted by atomic mass is 15.1. The van der Waals surface area contributed by atoms with Crippen molar-refractivity contribution in [1.29, 1.82) is 0 Å². The average Bonchev–Trinajstić information content (AvgIpc) is 3.77. The Morgan fingerprint density at radius 3 is 1.12 bits per heavy atom. The van der Waals surface area contributed by atoms with Gasteiger partial charge in [0, 0.05) is 56.9 Å². The van der Waals surface area contributed by atoms with Gasteiger partial charge in [-0.2, -0.15) is 0 Å². The minimum absolute atomic E-state index is 0.892. The monoisotopic (exact) mass is 842 g/mol. The van der Waals surface area contributed by atoms with Crippen molar-refractivity contribution in [2.75, 3.05) is 4.90 Å². The van der Waals surface area contributed by atoms with Crippen molar-refractivity contribution in [3.05, 3.63) is 255 Å². The van der Waals surface area contributed by atoms with Gasteiger partial charge in [-0.15, -0.1) is 0 Å². The van der Waals surface area contributed by atoms with E-state index in [0.29, 0.717) is 0 Å². The molecule has 0 bridgehead atoms. The van der Waals surface area contributed by atoms with Gasteiger partial charge < -0.3 is 9.47 Å². The molecule has 4 heteroatoms. The number of nitrogens with zero attached hydrogens (tertiary/aromatic N) is 4. The van der Waals surface area contributed by atoms with Gasteiger partial charge in [0.05, 0.1) is 22.2 Å². The second kappa shape index (κ2) is 16.7. The smallest absolute Gasteiger partial charge is 0.0986 e. The van der Waals surface area contributed by atoms with Crippen LogP contribution in [0.2, 0.25) is 0 Å². The minimum atomic E-state index is 0.892. The third kappa shape index (κ3) is 6.89. The molecule has 0 radical (unpaired) electrons. The quantitative estimate of drug-likeness (QED) is 0.136. The van der Waals surface area contributed by atoms with E-state index in [-0.39, 0.29) is 0 Å². The molecule has 0 aliphatic carbocycles. The number of benzene rings is 9. The lowest BCUT2D eigenvalue weighted by Crippen LogP contribution is -2.09. The van der Waals surface area contributed by atoms with Gasteiger partial charge in [-0.1, -0.05) is 176 Å². The molecule has 0 unspecified atom stereocenters. The lowest BCUT2D eigenvalue weighted by molar-refractivity contribution is 1.14. The van der Waals surface area contributed by atoms with Crippen LogP contribution in [-0.4, -0.2) is 14.5 Å². The van der Waals surface area contributed by atoms with Crippen LogP contribution in [0.3, 0.4) is 0 Å². The number of aromatic nitrogens is 3. The minimum Gasteiger partial charge on any atom is -0.311 e. The van der Waals surface area contributed by atoms with Crippen LogP contribution >= 0.6 is 0 Å². The lowest BCUT2D eigenvalue weighted by atomic mass is 9.95. The molecule has 12 rings (SSSR count). The van der Waals surface area contributed by atoms with Crippen molar-refractivity contribution in [1.82, 2.24) is 14.5 Å². The first kappa shape index (κ1) is 38.8. The van der Waals surface area contributed by atoms with Crippen LogP contribution in [0.1, 0.15) is 0 Å². The van der Waals surface area contributed by atoms with E-state index in [1.165, 1.54) is 27.8 Å². The first-order valence-electron chi connectivity index (χ1n) is 22.4. The number of fused-ring (bicyclic) bond motifs is 6. The van der Waals surface area contributed by atoms with E-state index in [9.17, 15) is 0 Å². The summed E-state index contributed by atoms with van der Waals surface area (Å²) in [5, 5.41) is 3.31. The Hall–Kier alpha value is -8.86. The molecule has 3 aromatic heterocycles. The molecule has 0 aliphatic rings. The van der Waals surface area contributed by atoms with Crippen molar-refractivity contribution >= 4 is 49.8 Å². The Morgan fingerprint density at radius 2 is 0.667 bits per heavy atom. The maximum Gasteiger partial charge on any atom is 0.0986 e. The zero-order valence-corrected chi connectivity index (χ0v) is 36.0. The van der Waals surface area contributed by atoms with Crippen LogP contribution in [-0.2, 0) is 0 Å². The van der Waals surface area contributed by atoms with Gasteiger partial charge in [-0.25, -0.2) is 0 Å². The van der Waals surface area contributed by atoms with Gasteiger partial charge in [0.25, 0.3) is 0 Å². The highest BCUT2D eigenvalue weighted by molar-refractivity contribution is 6.28. The molecule has 0 N–H and O–H groups in total. The van der Waals surface area contributed by atoms with Gasteiger partial charge in [0.2, 0.25) is 0 Å². The summed E-state index contributed by atoms with van der Waals surface area (Å²) in [5.41, 5.74) is 18.9. The van der Waals surface area contributed by atoms with E-state index in [4.69, 9.17) is 9.97 Å². The third-order valence-electron chi connectivity index (χ3n) is 12.7. The van der Waals surface area contributed by atoms with E-state index in [1.807, 2.05) is 24.5 Å². The predicted octanol–water partition coefficient (Wildman–Crippen LogP) is 16.5. The Bertz CT molecular complexity index is 3540. The molecule has 0 saturated carbocycles. The Kier molecular flexibility index (Phi) is 9.81. The molecular weight excluding hydrogens is 801 g/mol. The molecule has 0 spiro atoms. The highest BCUT2D eigenvalue weighted by Gasteiger charge is 2.26. The van der Waals surface area contributed by atoms with Crippen molar-refractivity contribution in [2.45, 2.75) is 0 Å². The standard InChI is InChI=1S/C62H42N4/c1-5-15-43(16-6-1)45-25-33-51(34-26-45)65(52-35-27-46(28-36-52)44-17-7-2-8-18-44)53-37-29-47(30-38-53)48-31-39-54(40-32-48)66-61(50-21-11-4-12-22-50)57(49-19-9-3-10-20-49)58-55-23-13-41-63-59(55)60-56(62(58)66)24-14-42-64-60/h1-42H. The largest absolute Gasteiger partial charge is 0.311 e. The number of pyridine rings is 2. The fraction of sp³-hybridized carbons (Fsp3) is 0. The molecule has 3 heterocycles. The van der Waals surface area contributed by atoms with Gasteiger partial charge >= 0.3 is 0 Å². The molecule has 0 amide bonds. The Morgan fingerprint density at radius 1 is 0.303 bits per heavy atom. The van der Waals surface area contributed by atoms with Gasteiger partial charge in [-0.3, -0.25) is 9.97 Å². The molecule has 9 aromatic carbocycles. The zero-order valence-electron chi connectivity index (χ0n) is 36.0. The van der Waals surface area contributed by atoms with Crippen LogP contribution in [0.4, 0.5) is 17.1 Å². The average molecular weight is 843 g/mol. The molecule has 12 aromatic rings. The molecular formula is C62H42N4. The summed E-state index contributed by atoms with van der Waals surface area (Å²) in [6.07, 6.45) is 3.74. The van der Waals surface area contributed by atoms with Crippen molar-refractivity contribution in [2.24, 2.45) is 0 Å². The summed E-state index contributed by atoms with van der Waals surface area (Å²) in [5.74, 6) is 0. The first-order chi connectivity index (χ1) is 32.8. The van der Waals surface area contributed by atoms with E-state index in [1.54, 1.807) is 0 Å². The summed E-state index contributed by atoms with van der Waals surface area (Å²) in [4.78, 5) is 12.2. The summed E-state index contributed by atoms with van der Waals surface area (Å²) in [7, 11) is 0. The van der Waals surface area contributed by atoms with Crippen LogP contribution in [0.5, 0.6) is 0 Å². The topological polar surface area (TPSA) is 34.0 Å². The van der Waals surface area contributed by atoms with Gasteiger partial charge in [0.1, 0.15) is 0 Å². The Labute approximate surface area is 384 Å². The highest BCUT2D eigenvalue weighted by Crippen LogP contribution is 2.48. The lowest BCUT2D eigenvalue weighted by Gasteiger charge is -2.26. The van der Waals surface area contributed by atoms with Crippen LogP contribution in [0.15, 0.2) is 255 Å². The molecule has 66 heavy (non-hydrogen) atoms. The normalized spacial score (nSPS) is 11.3. The van der Waals surface area contributed by atoms with E-state index in [0.717, 1.165) is 83.4 Å². The van der Waals surface area contributed by atoms with Crippen molar-refractivity contribution in [3.8, 4) is 61.5 Å². The van der Waals surface area contributed by atoms with E-state index in [2.05, 4.69) is 240 Å². The molecule has 0 atom stereocenters. The second-order valence-electron chi connectivity index (χ2n) is 16.6. The summed E-state index contributed by atoms with van der Waals surface area (Å²) < 4.78 is 2.44. The summed E-state index contributed by atoms with van der Waals surface area (Å²) in [6, 6.07) is 86.7. The molecule has 0 aliphatic heterocycles.